The number of guanidine groups is 1. The standard InChI is InChI=1S/C24H30N6O/c1-4-30(17-19-11-7-5-8-12-19)23(31)16-27-24(25-2)29(3)18-22-26-15-21(28-22)20-13-9-6-10-14-20/h5-15H,4,16-18H2,1-3H3,(H,25,27)(H,26,28). The number of imidazole rings is 1. The number of aliphatic imine (C=N–C) groups is 1. The minimum atomic E-state index is 0.0327. The number of carbonyl (C=O) groups excluding carboxylic acids is 1. The number of hydrogen-bond acceptors (Lipinski definition) is 3. The van der Waals surface area contributed by atoms with Crippen LogP contribution in [0.1, 0.15) is 18.3 Å². The zero-order valence-electron chi connectivity index (χ0n) is 18.4. The Morgan fingerprint density at radius 2 is 1.74 bits per heavy atom. The largest absolute Gasteiger partial charge is 0.347 e. The van der Waals surface area contributed by atoms with Gasteiger partial charge < -0.3 is 20.1 Å². The minimum absolute atomic E-state index is 0.0327. The van der Waals surface area contributed by atoms with Gasteiger partial charge in [-0.25, -0.2) is 4.98 Å². The summed E-state index contributed by atoms with van der Waals surface area (Å²) in [4.78, 5) is 28.6. The van der Waals surface area contributed by atoms with Crippen LogP contribution in [0.25, 0.3) is 11.3 Å². The molecular weight excluding hydrogens is 388 g/mol. The molecule has 7 heteroatoms. The lowest BCUT2D eigenvalue weighted by atomic mass is 10.2. The summed E-state index contributed by atoms with van der Waals surface area (Å²) in [5.41, 5.74) is 3.18. The Balaban J connectivity index is 1.54. The SMILES string of the molecule is CCN(Cc1ccccc1)C(=O)CNC(=NC)N(C)Cc1ncc(-c2ccccc2)[nH]1. The van der Waals surface area contributed by atoms with Crippen LogP contribution in [0.2, 0.25) is 0 Å². The molecule has 1 aromatic heterocycles. The fourth-order valence-corrected chi connectivity index (χ4v) is 3.34. The molecule has 0 aliphatic rings. The van der Waals surface area contributed by atoms with Crippen molar-refractivity contribution in [1.29, 1.82) is 0 Å². The van der Waals surface area contributed by atoms with E-state index in [4.69, 9.17) is 0 Å². The molecule has 162 valence electrons. The Hall–Kier alpha value is -3.61. The van der Waals surface area contributed by atoms with Crippen LogP contribution in [0.15, 0.2) is 71.9 Å². The summed E-state index contributed by atoms with van der Waals surface area (Å²) < 4.78 is 0. The number of benzene rings is 2. The van der Waals surface area contributed by atoms with Gasteiger partial charge in [0.15, 0.2) is 5.96 Å². The summed E-state index contributed by atoms with van der Waals surface area (Å²) in [5, 5.41) is 3.17. The van der Waals surface area contributed by atoms with Gasteiger partial charge in [0, 0.05) is 27.2 Å². The van der Waals surface area contributed by atoms with Crippen molar-refractivity contribution in [2.75, 3.05) is 27.2 Å². The molecule has 7 nitrogen and oxygen atoms in total. The molecule has 3 rings (SSSR count). The van der Waals surface area contributed by atoms with Crippen molar-refractivity contribution in [2.24, 2.45) is 4.99 Å². The first-order valence-corrected chi connectivity index (χ1v) is 10.4. The van der Waals surface area contributed by atoms with Gasteiger partial charge in [0.1, 0.15) is 5.82 Å². The molecule has 2 N–H and O–H groups in total. The Labute approximate surface area is 183 Å². The van der Waals surface area contributed by atoms with Crippen molar-refractivity contribution in [2.45, 2.75) is 20.0 Å². The average Bonchev–Trinajstić information content (AvgIpc) is 3.27. The number of aromatic amines is 1. The second-order valence-electron chi connectivity index (χ2n) is 7.26. The highest BCUT2D eigenvalue weighted by atomic mass is 16.2. The summed E-state index contributed by atoms with van der Waals surface area (Å²) in [6.45, 7) is 3.97. The molecule has 1 amide bonds. The van der Waals surface area contributed by atoms with E-state index in [2.05, 4.69) is 20.3 Å². The minimum Gasteiger partial charge on any atom is -0.347 e. The lowest BCUT2D eigenvalue weighted by molar-refractivity contribution is -0.130. The number of amides is 1. The van der Waals surface area contributed by atoms with Gasteiger partial charge in [-0.05, 0) is 18.1 Å². The van der Waals surface area contributed by atoms with Gasteiger partial charge in [-0.3, -0.25) is 9.79 Å². The van der Waals surface area contributed by atoms with Gasteiger partial charge in [0.25, 0.3) is 0 Å². The van der Waals surface area contributed by atoms with E-state index in [9.17, 15) is 4.79 Å². The predicted molar refractivity (Wildman–Crippen MR) is 124 cm³/mol. The van der Waals surface area contributed by atoms with Crippen LogP contribution in [0.5, 0.6) is 0 Å². The molecule has 0 saturated heterocycles. The van der Waals surface area contributed by atoms with E-state index in [1.807, 2.05) is 90.6 Å². The van der Waals surface area contributed by atoms with Crippen LogP contribution < -0.4 is 5.32 Å². The van der Waals surface area contributed by atoms with Gasteiger partial charge >= 0.3 is 0 Å². The van der Waals surface area contributed by atoms with E-state index in [1.165, 1.54) is 0 Å². The van der Waals surface area contributed by atoms with Crippen LogP contribution >= 0.6 is 0 Å². The van der Waals surface area contributed by atoms with Gasteiger partial charge in [-0.15, -0.1) is 0 Å². The van der Waals surface area contributed by atoms with Gasteiger partial charge in [0.2, 0.25) is 5.91 Å². The first-order valence-electron chi connectivity index (χ1n) is 10.4. The fraction of sp³-hybridized carbons (Fsp3) is 0.292. The zero-order valence-corrected chi connectivity index (χ0v) is 18.4. The van der Waals surface area contributed by atoms with Crippen molar-refractivity contribution in [3.05, 3.63) is 78.2 Å². The molecule has 0 aliphatic heterocycles. The third kappa shape index (κ3) is 6.18. The molecule has 3 aromatic rings. The Bertz CT molecular complexity index is 984. The molecular formula is C24H30N6O. The Morgan fingerprint density at radius 3 is 2.39 bits per heavy atom. The average molecular weight is 419 g/mol. The fourth-order valence-electron chi connectivity index (χ4n) is 3.34. The molecule has 0 radical (unpaired) electrons. The molecule has 1 heterocycles. The number of nitrogens with zero attached hydrogens (tertiary/aromatic N) is 4. The van der Waals surface area contributed by atoms with E-state index in [0.717, 1.165) is 22.6 Å². The monoisotopic (exact) mass is 418 g/mol. The molecule has 0 bridgehead atoms. The molecule has 31 heavy (non-hydrogen) atoms. The Kier molecular flexibility index (Phi) is 7.81. The van der Waals surface area contributed by atoms with Crippen LogP contribution in [-0.4, -0.2) is 58.8 Å². The molecule has 0 fully saturated rings. The van der Waals surface area contributed by atoms with Crippen LogP contribution in [0.4, 0.5) is 0 Å². The first kappa shape index (κ1) is 22.1. The number of H-pyrrole nitrogens is 1. The smallest absolute Gasteiger partial charge is 0.242 e. The first-order chi connectivity index (χ1) is 15.1. The number of hydrogen-bond donors (Lipinski definition) is 2. The molecule has 0 aliphatic carbocycles. The van der Waals surface area contributed by atoms with Gasteiger partial charge in [0.05, 0.1) is 25.0 Å². The highest BCUT2D eigenvalue weighted by Crippen LogP contribution is 2.16. The van der Waals surface area contributed by atoms with Gasteiger partial charge in [-0.2, -0.15) is 0 Å². The number of aromatic nitrogens is 2. The second-order valence-corrected chi connectivity index (χ2v) is 7.26. The third-order valence-corrected chi connectivity index (χ3v) is 5.02. The molecule has 2 aromatic carbocycles. The quantitative estimate of drug-likeness (QED) is 0.435. The van der Waals surface area contributed by atoms with Crippen LogP contribution in [-0.2, 0) is 17.9 Å². The lowest BCUT2D eigenvalue weighted by Gasteiger charge is -2.24. The third-order valence-electron chi connectivity index (χ3n) is 5.02. The van der Waals surface area contributed by atoms with Crippen LogP contribution in [0, 0.1) is 0 Å². The maximum atomic E-state index is 12.7. The van der Waals surface area contributed by atoms with Crippen molar-refractivity contribution < 1.29 is 4.79 Å². The normalized spacial score (nSPS) is 11.3. The van der Waals surface area contributed by atoms with Crippen molar-refractivity contribution >= 4 is 11.9 Å². The summed E-state index contributed by atoms with van der Waals surface area (Å²) in [6, 6.07) is 20.1. The summed E-state index contributed by atoms with van der Waals surface area (Å²) in [5.74, 6) is 1.50. The van der Waals surface area contributed by atoms with Crippen molar-refractivity contribution in [1.82, 2.24) is 25.1 Å². The maximum Gasteiger partial charge on any atom is 0.242 e. The highest BCUT2D eigenvalue weighted by molar-refractivity contribution is 5.86. The number of likely N-dealkylation sites (N-methyl/N-ethyl adjacent to an activating group) is 1. The molecule has 0 unspecified atom stereocenters. The lowest BCUT2D eigenvalue weighted by Crippen LogP contribution is -2.45. The van der Waals surface area contributed by atoms with E-state index in [0.29, 0.717) is 25.6 Å². The van der Waals surface area contributed by atoms with Gasteiger partial charge in [-0.1, -0.05) is 60.7 Å². The highest BCUT2D eigenvalue weighted by Gasteiger charge is 2.15. The van der Waals surface area contributed by atoms with E-state index < -0.39 is 0 Å². The van der Waals surface area contributed by atoms with E-state index in [-0.39, 0.29) is 12.5 Å². The maximum absolute atomic E-state index is 12.7. The van der Waals surface area contributed by atoms with Crippen molar-refractivity contribution in [3.8, 4) is 11.3 Å². The summed E-state index contributed by atoms with van der Waals surface area (Å²) >= 11 is 0. The molecule has 0 saturated carbocycles. The Morgan fingerprint density at radius 1 is 1.06 bits per heavy atom. The number of nitrogens with one attached hydrogen (secondary N) is 2. The molecule has 0 spiro atoms. The summed E-state index contributed by atoms with van der Waals surface area (Å²) in [7, 11) is 3.63. The molecule has 0 atom stereocenters. The topological polar surface area (TPSA) is 76.6 Å². The van der Waals surface area contributed by atoms with Crippen LogP contribution in [0.3, 0.4) is 0 Å². The number of rotatable bonds is 8. The second kappa shape index (κ2) is 11.0. The number of carbonyl (C=O) groups is 1. The van der Waals surface area contributed by atoms with Crippen molar-refractivity contribution in [3.63, 3.8) is 0 Å². The van der Waals surface area contributed by atoms with E-state index in [1.54, 1.807) is 7.05 Å². The van der Waals surface area contributed by atoms with E-state index >= 15 is 0 Å². The zero-order chi connectivity index (χ0) is 22.1. The predicted octanol–water partition coefficient (Wildman–Crippen LogP) is 3.13. The summed E-state index contributed by atoms with van der Waals surface area (Å²) in [6.07, 6.45) is 1.83.